The van der Waals surface area contributed by atoms with Crippen molar-refractivity contribution in [3.8, 4) is 0 Å². The standard InChI is InChI=1S/C15H19NO3/c1-10(17)8-15-12-7-5-4-6-11(12)13(18)16(15)14(2,3)9-19-15/h4-7,10,17H,8-9H2,1-3H3. The predicted molar refractivity (Wildman–Crippen MR) is 70.6 cm³/mol. The largest absolute Gasteiger partial charge is 0.393 e. The highest BCUT2D eigenvalue weighted by molar-refractivity contribution is 6.00. The Kier molecular flexibility index (Phi) is 2.53. The van der Waals surface area contributed by atoms with Gasteiger partial charge in [-0.25, -0.2) is 0 Å². The van der Waals surface area contributed by atoms with Crippen LogP contribution in [0.2, 0.25) is 0 Å². The van der Waals surface area contributed by atoms with Gasteiger partial charge in [0.05, 0.1) is 18.2 Å². The van der Waals surface area contributed by atoms with Crippen LogP contribution in [-0.2, 0) is 10.5 Å². The Morgan fingerprint density at radius 3 is 2.79 bits per heavy atom. The molecule has 2 heterocycles. The van der Waals surface area contributed by atoms with Crippen LogP contribution < -0.4 is 0 Å². The van der Waals surface area contributed by atoms with E-state index in [1.54, 1.807) is 11.8 Å². The lowest BCUT2D eigenvalue weighted by molar-refractivity contribution is -0.0957. The second kappa shape index (κ2) is 3.81. The summed E-state index contributed by atoms with van der Waals surface area (Å²) in [6, 6.07) is 7.53. The summed E-state index contributed by atoms with van der Waals surface area (Å²) < 4.78 is 6.03. The average Bonchev–Trinajstić information content (AvgIpc) is 2.73. The molecule has 1 amide bonds. The molecule has 0 radical (unpaired) electrons. The van der Waals surface area contributed by atoms with Crippen LogP contribution >= 0.6 is 0 Å². The molecule has 0 saturated carbocycles. The van der Waals surface area contributed by atoms with Gasteiger partial charge in [0.25, 0.3) is 5.91 Å². The van der Waals surface area contributed by atoms with Gasteiger partial charge in [-0.3, -0.25) is 9.69 Å². The molecule has 102 valence electrons. The number of fused-ring (bicyclic) bond motifs is 3. The molecule has 3 rings (SSSR count). The van der Waals surface area contributed by atoms with Crippen molar-refractivity contribution in [1.29, 1.82) is 0 Å². The summed E-state index contributed by atoms with van der Waals surface area (Å²) >= 11 is 0. The first-order valence-electron chi connectivity index (χ1n) is 6.65. The molecular weight excluding hydrogens is 242 g/mol. The number of carbonyl (C=O) groups excluding carboxylic acids is 1. The summed E-state index contributed by atoms with van der Waals surface area (Å²) in [5.41, 5.74) is 0.415. The summed E-state index contributed by atoms with van der Waals surface area (Å²) in [6.45, 7) is 6.22. The molecule has 4 nitrogen and oxygen atoms in total. The summed E-state index contributed by atoms with van der Waals surface area (Å²) in [5.74, 6) is -0.00116. The molecule has 2 unspecified atom stereocenters. The first-order valence-corrected chi connectivity index (χ1v) is 6.65. The number of amides is 1. The SMILES string of the molecule is CC(O)CC12OCC(C)(C)N1C(=O)c1ccccc12. The molecule has 0 bridgehead atoms. The highest BCUT2D eigenvalue weighted by atomic mass is 16.5. The molecule has 1 fully saturated rings. The molecule has 1 aromatic carbocycles. The second-order valence-corrected chi connectivity index (χ2v) is 6.12. The molecule has 2 atom stereocenters. The van der Waals surface area contributed by atoms with Crippen LogP contribution in [0.3, 0.4) is 0 Å². The molecule has 1 saturated heterocycles. The van der Waals surface area contributed by atoms with Gasteiger partial charge in [-0.1, -0.05) is 18.2 Å². The van der Waals surface area contributed by atoms with E-state index in [1.165, 1.54) is 0 Å². The zero-order valence-corrected chi connectivity index (χ0v) is 11.5. The number of hydrogen-bond acceptors (Lipinski definition) is 3. The van der Waals surface area contributed by atoms with Crippen molar-refractivity contribution in [3.05, 3.63) is 35.4 Å². The lowest BCUT2D eigenvalue weighted by Gasteiger charge is -2.37. The number of aliphatic hydroxyl groups excluding tert-OH is 1. The Morgan fingerprint density at radius 2 is 2.11 bits per heavy atom. The minimum absolute atomic E-state index is 0.00116. The fraction of sp³-hybridized carbons (Fsp3) is 0.533. The minimum Gasteiger partial charge on any atom is -0.393 e. The Balaban J connectivity index is 2.20. The van der Waals surface area contributed by atoms with E-state index >= 15 is 0 Å². The van der Waals surface area contributed by atoms with Crippen molar-refractivity contribution in [2.45, 2.75) is 44.6 Å². The first kappa shape index (κ1) is 12.6. The van der Waals surface area contributed by atoms with Crippen LogP contribution in [0.1, 0.15) is 43.1 Å². The predicted octanol–water partition coefficient (Wildman–Crippen LogP) is 1.87. The summed E-state index contributed by atoms with van der Waals surface area (Å²) in [6.07, 6.45) is -0.130. The maximum absolute atomic E-state index is 12.6. The highest BCUT2D eigenvalue weighted by Crippen LogP contribution is 2.51. The zero-order valence-electron chi connectivity index (χ0n) is 11.5. The third-order valence-corrected chi connectivity index (χ3v) is 3.98. The third-order valence-electron chi connectivity index (χ3n) is 3.98. The van der Waals surface area contributed by atoms with E-state index in [9.17, 15) is 9.90 Å². The number of nitrogens with zero attached hydrogens (tertiary/aromatic N) is 1. The van der Waals surface area contributed by atoms with Crippen molar-refractivity contribution in [3.63, 3.8) is 0 Å². The van der Waals surface area contributed by atoms with Gasteiger partial charge in [0.2, 0.25) is 0 Å². The van der Waals surface area contributed by atoms with Crippen molar-refractivity contribution in [2.75, 3.05) is 6.61 Å². The van der Waals surface area contributed by atoms with Gasteiger partial charge in [-0.2, -0.15) is 0 Å². The molecular formula is C15H19NO3. The quantitative estimate of drug-likeness (QED) is 0.884. The topological polar surface area (TPSA) is 49.8 Å². The van der Waals surface area contributed by atoms with Gasteiger partial charge in [0.15, 0.2) is 5.72 Å². The molecule has 0 spiro atoms. The summed E-state index contributed by atoms with van der Waals surface area (Å²) in [7, 11) is 0. The van der Waals surface area contributed by atoms with Gasteiger partial charge in [0, 0.05) is 17.5 Å². The molecule has 0 aliphatic carbocycles. The van der Waals surface area contributed by atoms with Crippen LogP contribution in [0.5, 0.6) is 0 Å². The molecule has 19 heavy (non-hydrogen) atoms. The van der Waals surface area contributed by atoms with Crippen LogP contribution in [0.4, 0.5) is 0 Å². The van der Waals surface area contributed by atoms with Crippen LogP contribution in [-0.4, -0.2) is 34.2 Å². The Bertz CT molecular complexity index is 538. The maximum atomic E-state index is 12.6. The number of benzene rings is 1. The van der Waals surface area contributed by atoms with Crippen LogP contribution in [0.25, 0.3) is 0 Å². The zero-order chi connectivity index (χ0) is 13.8. The van der Waals surface area contributed by atoms with E-state index in [0.717, 1.165) is 5.56 Å². The molecule has 1 aromatic rings. The minimum atomic E-state index is -0.800. The fourth-order valence-corrected chi connectivity index (χ4v) is 3.34. The third kappa shape index (κ3) is 1.56. The number of ether oxygens (including phenoxy) is 1. The average molecular weight is 261 g/mol. The van der Waals surface area contributed by atoms with E-state index in [1.807, 2.05) is 38.1 Å². The molecule has 2 aliphatic heterocycles. The Hall–Kier alpha value is -1.39. The number of aliphatic hydroxyl groups is 1. The van der Waals surface area contributed by atoms with Crippen molar-refractivity contribution >= 4 is 5.91 Å². The lowest BCUT2D eigenvalue weighted by Crippen LogP contribution is -2.50. The number of hydrogen-bond donors (Lipinski definition) is 1. The number of carbonyl (C=O) groups is 1. The maximum Gasteiger partial charge on any atom is 0.257 e. The van der Waals surface area contributed by atoms with Gasteiger partial charge in [0.1, 0.15) is 0 Å². The van der Waals surface area contributed by atoms with E-state index in [4.69, 9.17) is 4.74 Å². The summed E-state index contributed by atoms with van der Waals surface area (Å²) in [4.78, 5) is 14.4. The second-order valence-electron chi connectivity index (χ2n) is 6.12. The van der Waals surface area contributed by atoms with E-state index in [2.05, 4.69) is 0 Å². The summed E-state index contributed by atoms with van der Waals surface area (Å²) in [5, 5.41) is 9.82. The van der Waals surface area contributed by atoms with Crippen molar-refractivity contribution < 1.29 is 14.6 Å². The first-order chi connectivity index (χ1) is 8.88. The van der Waals surface area contributed by atoms with E-state index in [0.29, 0.717) is 18.6 Å². The Labute approximate surface area is 113 Å². The molecule has 0 aromatic heterocycles. The van der Waals surface area contributed by atoms with E-state index in [-0.39, 0.29) is 11.4 Å². The molecule has 2 aliphatic rings. The lowest BCUT2D eigenvalue weighted by atomic mass is 9.95. The van der Waals surface area contributed by atoms with Gasteiger partial charge >= 0.3 is 0 Å². The van der Waals surface area contributed by atoms with Gasteiger partial charge in [-0.05, 0) is 26.8 Å². The van der Waals surface area contributed by atoms with Gasteiger partial charge < -0.3 is 9.84 Å². The molecule has 4 heteroatoms. The smallest absolute Gasteiger partial charge is 0.257 e. The Morgan fingerprint density at radius 1 is 1.42 bits per heavy atom. The van der Waals surface area contributed by atoms with Gasteiger partial charge in [-0.15, -0.1) is 0 Å². The van der Waals surface area contributed by atoms with Crippen molar-refractivity contribution in [1.82, 2.24) is 4.90 Å². The van der Waals surface area contributed by atoms with Crippen LogP contribution in [0.15, 0.2) is 24.3 Å². The van der Waals surface area contributed by atoms with Crippen molar-refractivity contribution in [2.24, 2.45) is 0 Å². The fourth-order valence-electron chi connectivity index (χ4n) is 3.34. The van der Waals surface area contributed by atoms with E-state index < -0.39 is 11.8 Å². The normalized spacial score (nSPS) is 29.3. The number of rotatable bonds is 2. The monoisotopic (exact) mass is 261 g/mol. The highest BCUT2D eigenvalue weighted by Gasteiger charge is 2.60. The van der Waals surface area contributed by atoms with Crippen LogP contribution in [0, 0.1) is 0 Å². The molecule has 1 N–H and O–H groups in total.